The van der Waals surface area contributed by atoms with Crippen LogP contribution in [0.3, 0.4) is 0 Å². The summed E-state index contributed by atoms with van der Waals surface area (Å²) in [7, 11) is -0.629. The van der Waals surface area contributed by atoms with Gasteiger partial charge in [0.05, 0.1) is 23.8 Å². The molecule has 0 spiro atoms. The van der Waals surface area contributed by atoms with Crippen LogP contribution in [0.25, 0.3) is 0 Å². The van der Waals surface area contributed by atoms with Crippen LogP contribution in [0.1, 0.15) is 56.9 Å². The van der Waals surface area contributed by atoms with Crippen LogP contribution in [0.15, 0.2) is 30.3 Å². The van der Waals surface area contributed by atoms with Gasteiger partial charge in [0.1, 0.15) is 12.1 Å². The minimum atomic E-state index is -3.81. The smallest absolute Gasteiger partial charge is 0.243 e. The second-order valence-electron chi connectivity index (χ2n) is 11.4. The first-order valence-electron chi connectivity index (χ1n) is 15.0. The molecule has 2 unspecified atom stereocenters. The van der Waals surface area contributed by atoms with Gasteiger partial charge in [0.25, 0.3) is 0 Å². The van der Waals surface area contributed by atoms with Crippen molar-refractivity contribution in [2.45, 2.75) is 82.1 Å². The third kappa shape index (κ3) is 12.3. The number of aliphatic hydroxyl groups is 2. The molecule has 11 heteroatoms. The number of rotatable bonds is 18. The molecule has 1 aliphatic carbocycles. The fourth-order valence-electron chi connectivity index (χ4n) is 5.39. The van der Waals surface area contributed by atoms with Crippen LogP contribution in [0, 0.1) is 36.5 Å². The Bertz CT molecular complexity index is 1190. The second kappa shape index (κ2) is 18.7. The van der Waals surface area contributed by atoms with E-state index in [0.717, 1.165) is 37.7 Å². The molecule has 1 saturated carbocycles. The third-order valence-electron chi connectivity index (χ3n) is 7.99. The Hall–Kier alpha value is -2.93. The van der Waals surface area contributed by atoms with Gasteiger partial charge in [-0.15, -0.1) is 24.7 Å². The van der Waals surface area contributed by atoms with Crippen LogP contribution < -0.4 is 16.0 Å². The number of carbonyl (C=O) groups is 2. The van der Waals surface area contributed by atoms with Crippen molar-refractivity contribution in [3.05, 3.63) is 35.9 Å². The molecule has 5 N–H and O–H groups in total. The standard InChI is InChI=1S/C32H48N4O6S/c1-5-13-27(32(40)35-28(30(38)29(37)14-6-2)22-25-17-11-8-12-18-25)34-31(39)26(21-24-15-9-7-10-16-24)23-43(41,42)36(4)20-19-33-3/h1-2,7,9-10,15-16,25-30,33,37-38H,8,11-14,17-23H2,3-4H3,(H,34,39)(H,35,40)/t26?,27-,28?,29-,30+/m0/s1. The maximum atomic E-state index is 13.6. The summed E-state index contributed by atoms with van der Waals surface area (Å²) >= 11 is 0. The number of nitrogens with zero attached hydrogens (tertiary/aromatic N) is 1. The number of hydrogen-bond donors (Lipinski definition) is 5. The van der Waals surface area contributed by atoms with Gasteiger partial charge in [0.15, 0.2) is 0 Å². The first kappa shape index (κ1) is 36.3. The van der Waals surface area contributed by atoms with Crippen molar-refractivity contribution in [1.29, 1.82) is 0 Å². The Balaban J connectivity index is 2.25. The van der Waals surface area contributed by atoms with Crippen molar-refractivity contribution in [2.75, 3.05) is 32.9 Å². The molecule has 0 heterocycles. The Morgan fingerprint density at radius 2 is 1.67 bits per heavy atom. The molecule has 1 fully saturated rings. The predicted octanol–water partition coefficient (Wildman–Crippen LogP) is 1.03. The average Bonchev–Trinajstić information content (AvgIpc) is 2.99. The monoisotopic (exact) mass is 616 g/mol. The Kier molecular flexibility index (Phi) is 15.7. The minimum Gasteiger partial charge on any atom is -0.389 e. The van der Waals surface area contributed by atoms with Gasteiger partial charge < -0.3 is 26.2 Å². The summed E-state index contributed by atoms with van der Waals surface area (Å²) in [5.41, 5.74) is 0.770. The highest BCUT2D eigenvalue weighted by Crippen LogP contribution is 2.28. The lowest BCUT2D eigenvalue weighted by molar-refractivity contribution is -0.132. The predicted molar refractivity (Wildman–Crippen MR) is 168 cm³/mol. The van der Waals surface area contributed by atoms with E-state index < -0.39 is 57.8 Å². The zero-order valence-electron chi connectivity index (χ0n) is 25.4. The number of benzene rings is 1. The van der Waals surface area contributed by atoms with E-state index in [9.17, 15) is 28.2 Å². The number of likely N-dealkylation sites (N-methyl/N-ethyl adjacent to an activating group) is 2. The summed E-state index contributed by atoms with van der Waals surface area (Å²) in [6, 6.07) is 7.07. The lowest BCUT2D eigenvalue weighted by atomic mass is 9.82. The van der Waals surface area contributed by atoms with Gasteiger partial charge in [-0.05, 0) is 31.4 Å². The van der Waals surface area contributed by atoms with Crippen molar-refractivity contribution in [3.63, 3.8) is 0 Å². The van der Waals surface area contributed by atoms with Crippen LogP contribution >= 0.6 is 0 Å². The van der Waals surface area contributed by atoms with Gasteiger partial charge in [0, 0.05) is 33.0 Å². The third-order valence-corrected chi connectivity index (χ3v) is 9.94. The minimum absolute atomic E-state index is 0.0822. The van der Waals surface area contributed by atoms with Crippen LogP contribution in [0.5, 0.6) is 0 Å². The molecule has 238 valence electrons. The van der Waals surface area contributed by atoms with Gasteiger partial charge in [0.2, 0.25) is 21.8 Å². The molecular formula is C32H48N4O6S. The topological polar surface area (TPSA) is 148 Å². The zero-order chi connectivity index (χ0) is 31.8. The largest absolute Gasteiger partial charge is 0.389 e. The molecule has 1 aliphatic rings. The normalized spacial score (nSPS) is 17.6. The van der Waals surface area contributed by atoms with E-state index in [1.165, 1.54) is 11.4 Å². The van der Waals surface area contributed by atoms with Crippen molar-refractivity contribution in [1.82, 2.24) is 20.3 Å². The van der Waals surface area contributed by atoms with E-state index in [2.05, 4.69) is 27.8 Å². The maximum absolute atomic E-state index is 13.6. The molecule has 5 atom stereocenters. The number of aliphatic hydroxyl groups excluding tert-OH is 2. The van der Waals surface area contributed by atoms with Gasteiger partial charge >= 0.3 is 0 Å². The molecule has 1 aromatic rings. The first-order chi connectivity index (χ1) is 20.5. The number of carbonyl (C=O) groups excluding carboxylic acids is 2. The highest BCUT2D eigenvalue weighted by Gasteiger charge is 2.34. The molecule has 0 radical (unpaired) electrons. The number of terminal acetylenes is 2. The van der Waals surface area contributed by atoms with Gasteiger partial charge in [-0.25, -0.2) is 12.7 Å². The summed E-state index contributed by atoms with van der Waals surface area (Å²) in [4.78, 5) is 27.1. The number of hydrogen-bond acceptors (Lipinski definition) is 7. The van der Waals surface area contributed by atoms with Gasteiger partial charge in [-0.3, -0.25) is 9.59 Å². The molecule has 1 aromatic carbocycles. The average molecular weight is 617 g/mol. The van der Waals surface area contributed by atoms with Crippen molar-refractivity contribution >= 4 is 21.8 Å². The van der Waals surface area contributed by atoms with E-state index in [0.29, 0.717) is 13.0 Å². The molecular weight excluding hydrogens is 568 g/mol. The second-order valence-corrected chi connectivity index (χ2v) is 13.5. The summed E-state index contributed by atoms with van der Waals surface area (Å²) < 4.78 is 27.5. The lowest BCUT2D eigenvalue weighted by Crippen LogP contribution is -2.56. The molecule has 0 aliphatic heterocycles. The van der Waals surface area contributed by atoms with Crippen molar-refractivity contribution in [2.24, 2.45) is 11.8 Å². The van der Waals surface area contributed by atoms with Crippen LogP contribution in [0.2, 0.25) is 0 Å². The number of nitrogens with one attached hydrogen (secondary N) is 3. The van der Waals surface area contributed by atoms with Crippen LogP contribution in [-0.4, -0.2) is 92.0 Å². The number of sulfonamides is 1. The highest BCUT2D eigenvalue weighted by atomic mass is 32.2. The summed E-state index contributed by atoms with van der Waals surface area (Å²) in [5.74, 6) is 2.30. The summed E-state index contributed by atoms with van der Waals surface area (Å²) in [6.07, 6.45) is 13.8. The van der Waals surface area contributed by atoms with E-state index >= 15 is 0 Å². The van der Waals surface area contributed by atoms with E-state index in [-0.39, 0.29) is 31.7 Å². The SMILES string of the molecule is C#CC[C@H](NC(=O)C(Cc1ccccc1)CS(=O)(=O)N(C)CCNC)C(=O)NC(CC1CCCCC1)[C@@H](O)[C@@H](O)CC#C. The Labute approximate surface area is 257 Å². The van der Waals surface area contributed by atoms with Crippen molar-refractivity contribution < 1.29 is 28.2 Å². The molecule has 10 nitrogen and oxygen atoms in total. The summed E-state index contributed by atoms with van der Waals surface area (Å²) in [6.45, 7) is 0.677. The molecule has 2 amide bonds. The van der Waals surface area contributed by atoms with Crippen LogP contribution in [-0.2, 0) is 26.0 Å². The van der Waals surface area contributed by atoms with Crippen molar-refractivity contribution in [3.8, 4) is 24.7 Å². The quantitative estimate of drug-likeness (QED) is 0.155. The first-order valence-corrected chi connectivity index (χ1v) is 16.6. The molecule has 0 bridgehead atoms. The fraction of sp³-hybridized carbons (Fsp3) is 0.625. The Morgan fingerprint density at radius 3 is 2.28 bits per heavy atom. The Morgan fingerprint density at radius 1 is 1.02 bits per heavy atom. The summed E-state index contributed by atoms with van der Waals surface area (Å²) in [5, 5.41) is 29.7. The van der Waals surface area contributed by atoms with E-state index in [1.54, 1.807) is 19.2 Å². The molecule has 43 heavy (non-hydrogen) atoms. The van der Waals surface area contributed by atoms with Gasteiger partial charge in [-0.2, -0.15) is 0 Å². The molecule has 2 rings (SSSR count). The van der Waals surface area contributed by atoms with E-state index in [4.69, 9.17) is 12.8 Å². The zero-order valence-corrected chi connectivity index (χ0v) is 26.2. The van der Waals surface area contributed by atoms with E-state index in [1.807, 2.05) is 18.2 Å². The fourth-order valence-corrected chi connectivity index (χ4v) is 6.79. The maximum Gasteiger partial charge on any atom is 0.243 e. The lowest BCUT2D eigenvalue weighted by Gasteiger charge is -2.33. The number of amides is 2. The van der Waals surface area contributed by atoms with Crippen LogP contribution in [0.4, 0.5) is 0 Å². The highest BCUT2D eigenvalue weighted by molar-refractivity contribution is 7.89. The molecule has 0 aromatic heterocycles. The molecule has 0 saturated heterocycles. The van der Waals surface area contributed by atoms with Gasteiger partial charge in [-0.1, -0.05) is 62.4 Å².